The van der Waals surface area contributed by atoms with Crippen molar-refractivity contribution in [3.63, 3.8) is 0 Å². The number of methoxy groups -OCH3 is 1. The van der Waals surface area contributed by atoms with Crippen LogP contribution >= 0.6 is 0 Å². The molecule has 0 aromatic heterocycles. The van der Waals surface area contributed by atoms with E-state index < -0.39 is 29.3 Å². The first kappa shape index (κ1) is 13.5. The van der Waals surface area contributed by atoms with Gasteiger partial charge in [-0.25, -0.2) is 8.78 Å². The number of amides is 1. The van der Waals surface area contributed by atoms with Crippen LogP contribution in [0.25, 0.3) is 0 Å². The second kappa shape index (κ2) is 6.27. The van der Waals surface area contributed by atoms with Crippen molar-refractivity contribution >= 4 is 11.6 Å². The van der Waals surface area contributed by atoms with Crippen LogP contribution in [0.4, 0.5) is 14.5 Å². The Labute approximate surface area is 97.8 Å². The molecular weight excluding hydrogens is 230 g/mol. The highest BCUT2D eigenvalue weighted by Gasteiger charge is 2.15. The highest BCUT2D eigenvalue weighted by Crippen LogP contribution is 2.18. The number of carbonyl (C=O) groups is 1. The molecule has 0 heterocycles. The summed E-state index contributed by atoms with van der Waals surface area (Å²) in [7, 11) is 1.41. The SMILES string of the molecule is COC(CN)CC(=O)Nc1c(F)cccc1F. The van der Waals surface area contributed by atoms with E-state index in [1.54, 1.807) is 0 Å². The molecule has 1 aromatic carbocycles. The van der Waals surface area contributed by atoms with Gasteiger partial charge in [0.1, 0.15) is 17.3 Å². The summed E-state index contributed by atoms with van der Waals surface area (Å²) in [6.07, 6.45) is -0.523. The molecular formula is C11H14F2N2O2. The smallest absolute Gasteiger partial charge is 0.227 e. The molecule has 1 atom stereocenters. The number of hydrogen-bond acceptors (Lipinski definition) is 3. The Kier molecular flexibility index (Phi) is 4.99. The molecule has 1 aromatic rings. The Bertz CT molecular complexity index is 375. The van der Waals surface area contributed by atoms with Crippen LogP contribution in [0.5, 0.6) is 0 Å². The van der Waals surface area contributed by atoms with Crippen molar-refractivity contribution in [3.8, 4) is 0 Å². The van der Waals surface area contributed by atoms with Gasteiger partial charge in [0, 0.05) is 13.7 Å². The molecule has 0 radical (unpaired) electrons. The summed E-state index contributed by atoms with van der Waals surface area (Å²) in [5.41, 5.74) is 4.88. The minimum atomic E-state index is -0.819. The average Bonchev–Trinajstić information content (AvgIpc) is 2.31. The number of rotatable bonds is 5. The van der Waals surface area contributed by atoms with Crippen molar-refractivity contribution in [3.05, 3.63) is 29.8 Å². The van der Waals surface area contributed by atoms with Crippen LogP contribution in [0.3, 0.4) is 0 Å². The molecule has 0 saturated heterocycles. The Balaban J connectivity index is 2.68. The topological polar surface area (TPSA) is 64.3 Å². The van der Waals surface area contributed by atoms with Gasteiger partial charge in [-0.15, -0.1) is 0 Å². The van der Waals surface area contributed by atoms with Gasteiger partial charge in [-0.3, -0.25) is 4.79 Å². The third kappa shape index (κ3) is 3.76. The highest BCUT2D eigenvalue weighted by molar-refractivity contribution is 5.91. The van der Waals surface area contributed by atoms with Crippen LogP contribution in [0.1, 0.15) is 6.42 Å². The van der Waals surface area contributed by atoms with Crippen LogP contribution < -0.4 is 11.1 Å². The quantitative estimate of drug-likeness (QED) is 0.819. The van der Waals surface area contributed by atoms with Gasteiger partial charge < -0.3 is 15.8 Å². The van der Waals surface area contributed by atoms with Gasteiger partial charge in [0.05, 0.1) is 12.5 Å². The van der Waals surface area contributed by atoms with E-state index in [9.17, 15) is 13.6 Å². The summed E-state index contributed by atoms with van der Waals surface area (Å²) in [5.74, 6) is -2.19. The van der Waals surface area contributed by atoms with Gasteiger partial charge >= 0.3 is 0 Å². The third-order valence-corrected chi connectivity index (χ3v) is 2.24. The van der Waals surface area contributed by atoms with Gasteiger partial charge in [-0.05, 0) is 12.1 Å². The van der Waals surface area contributed by atoms with Crippen molar-refractivity contribution < 1.29 is 18.3 Å². The maximum atomic E-state index is 13.2. The van der Waals surface area contributed by atoms with Crippen molar-refractivity contribution in [2.24, 2.45) is 5.73 Å². The maximum Gasteiger partial charge on any atom is 0.227 e. The number of halogens is 2. The van der Waals surface area contributed by atoms with Gasteiger partial charge in [-0.2, -0.15) is 0 Å². The highest BCUT2D eigenvalue weighted by atomic mass is 19.1. The van der Waals surface area contributed by atoms with E-state index in [2.05, 4.69) is 5.32 Å². The number of benzene rings is 1. The monoisotopic (exact) mass is 244 g/mol. The Morgan fingerprint density at radius 1 is 1.47 bits per heavy atom. The third-order valence-electron chi connectivity index (χ3n) is 2.24. The molecule has 3 N–H and O–H groups in total. The minimum Gasteiger partial charge on any atom is -0.380 e. The molecule has 1 unspecified atom stereocenters. The van der Waals surface area contributed by atoms with E-state index in [0.717, 1.165) is 12.1 Å². The van der Waals surface area contributed by atoms with Crippen LogP contribution in [0, 0.1) is 11.6 Å². The van der Waals surface area contributed by atoms with E-state index in [1.165, 1.54) is 13.2 Å². The van der Waals surface area contributed by atoms with Gasteiger partial charge in [0.2, 0.25) is 5.91 Å². The molecule has 0 aliphatic carbocycles. The molecule has 1 amide bonds. The first-order valence-electron chi connectivity index (χ1n) is 5.05. The number of carbonyl (C=O) groups excluding carboxylic acids is 1. The van der Waals surface area contributed by atoms with E-state index in [4.69, 9.17) is 10.5 Å². The second-order valence-electron chi connectivity index (χ2n) is 3.44. The lowest BCUT2D eigenvalue weighted by Gasteiger charge is -2.13. The van der Waals surface area contributed by atoms with Crippen molar-refractivity contribution in [1.29, 1.82) is 0 Å². The molecule has 0 aliphatic heterocycles. The number of anilines is 1. The van der Waals surface area contributed by atoms with E-state index in [1.807, 2.05) is 0 Å². The van der Waals surface area contributed by atoms with Crippen molar-refractivity contribution in [2.75, 3.05) is 19.0 Å². The zero-order valence-electron chi connectivity index (χ0n) is 9.37. The Hall–Kier alpha value is -1.53. The van der Waals surface area contributed by atoms with Crippen LogP contribution in [0.2, 0.25) is 0 Å². The molecule has 4 nitrogen and oxygen atoms in total. The zero-order valence-corrected chi connectivity index (χ0v) is 9.37. The normalized spacial score (nSPS) is 12.2. The molecule has 0 aliphatic rings. The van der Waals surface area contributed by atoms with Crippen molar-refractivity contribution in [2.45, 2.75) is 12.5 Å². The number of nitrogens with two attached hydrogens (primary N) is 1. The summed E-state index contributed by atoms with van der Waals surface area (Å²) >= 11 is 0. The zero-order chi connectivity index (χ0) is 12.8. The second-order valence-corrected chi connectivity index (χ2v) is 3.44. The Morgan fingerprint density at radius 3 is 2.53 bits per heavy atom. The molecule has 6 heteroatoms. The number of para-hydroxylation sites is 1. The maximum absolute atomic E-state index is 13.2. The fraction of sp³-hybridized carbons (Fsp3) is 0.364. The first-order chi connectivity index (χ1) is 8.08. The predicted molar refractivity (Wildman–Crippen MR) is 59.5 cm³/mol. The number of hydrogen-bond donors (Lipinski definition) is 2. The van der Waals surface area contributed by atoms with Gasteiger partial charge in [0.25, 0.3) is 0 Å². The number of nitrogens with one attached hydrogen (secondary N) is 1. The summed E-state index contributed by atoms with van der Waals surface area (Å²) in [5, 5.41) is 2.15. The minimum absolute atomic E-state index is 0.0548. The molecule has 0 bridgehead atoms. The molecule has 0 saturated carbocycles. The average molecular weight is 244 g/mol. The molecule has 17 heavy (non-hydrogen) atoms. The first-order valence-corrected chi connectivity index (χ1v) is 5.05. The van der Waals surface area contributed by atoms with Crippen LogP contribution in [0.15, 0.2) is 18.2 Å². The van der Waals surface area contributed by atoms with E-state index in [0.29, 0.717) is 0 Å². The summed E-state index contributed by atoms with van der Waals surface area (Å²) in [6, 6.07) is 3.35. The van der Waals surface area contributed by atoms with Crippen molar-refractivity contribution in [1.82, 2.24) is 0 Å². The lowest BCUT2D eigenvalue weighted by Crippen LogP contribution is -2.28. The van der Waals surface area contributed by atoms with Gasteiger partial charge in [0.15, 0.2) is 0 Å². The van der Waals surface area contributed by atoms with Gasteiger partial charge in [-0.1, -0.05) is 6.07 Å². The summed E-state index contributed by atoms with van der Waals surface area (Å²) in [6.45, 7) is 0.156. The largest absolute Gasteiger partial charge is 0.380 e. The fourth-order valence-electron chi connectivity index (χ4n) is 1.28. The molecule has 1 rings (SSSR count). The standard InChI is InChI=1S/C11H14F2N2O2/c1-17-7(6-14)5-10(16)15-11-8(12)3-2-4-9(11)13/h2-4,7H,5-6,14H2,1H3,(H,15,16). The fourth-order valence-corrected chi connectivity index (χ4v) is 1.28. The van der Waals surface area contributed by atoms with E-state index >= 15 is 0 Å². The number of ether oxygens (including phenoxy) is 1. The van der Waals surface area contributed by atoms with Crippen LogP contribution in [-0.4, -0.2) is 25.7 Å². The Morgan fingerprint density at radius 2 is 2.06 bits per heavy atom. The lowest BCUT2D eigenvalue weighted by atomic mass is 10.2. The van der Waals surface area contributed by atoms with Crippen LogP contribution in [-0.2, 0) is 9.53 Å². The van der Waals surface area contributed by atoms with E-state index in [-0.39, 0.29) is 13.0 Å². The molecule has 94 valence electrons. The molecule has 0 fully saturated rings. The lowest BCUT2D eigenvalue weighted by molar-refractivity contribution is -0.118. The summed E-state index contributed by atoms with van der Waals surface area (Å²) < 4.78 is 31.3. The molecule has 0 spiro atoms. The summed E-state index contributed by atoms with van der Waals surface area (Å²) in [4.78, 5) is 11.5. The predicted octanol–water partition coefficient (Wildman–Crippen LogP) is 1.27.